The Balaban J connectivity index is 2.98. The molecule has 0 fully saturated rings. The van der Waals surface area contributed by atoms with Crippen LogP contribution in [0, 0.1) is 0 Å². The molecule has 0 aliphatic carbocycles. The normalized spacial score (nSPS) is 15.8. The maximum atomic E-state index is 6.11. The van der Waals surface area contributed by atoms with Crippen molar-refractivity contribution < 1.29 is 0 Å². The molecule has 0 saturated carbocycles. The Morgan fingerprint density at radius 2 is 2.00 bits per heavy atom. The van der Waals surface area contributed by atoms with Crippen molar-refractivity contribution >= 4 is 22.9 Å². The smallest absolute Gasteiger partial charge is 0.0931 e. The van der Waals surface area contributed by atoms with Crippen LogP contribution in [0.5, 0.6) is 0 Å². The van der Waals surface area contributed by atoms with Crippen molar-refractivity contribution in [2.45, 2.75) is 45.8 Å². The molecular formula is C12H21ClN2S. The first-order valence-electron chi connectivity index (χ1n) is 5.74. The summed E-state index contributed by atoms with van der Waals surface area (Å²) in [6, 6.07) is 4.90. The molecule has 0 aliphatic rings. The number of likely N-dealkylation sites (N-methyl/N-ethyl adjacent to an activating group) is 1. The number of halogens is 1. The fourth-order valence-corrected chi connectivity index (χ4v) is 3.39. The van der Waals surface area contributed by atoms with Crippen LogP contribution in [0.2, 0.25) is 4.34 Å². The maximum absolute atomic E-state index is 6.11. The van der Waals surface area contributed by atoms with Gasteiger partial charge in [-0.05, 0) is 39.4 Å². The third kappa shape index (κ3) is 3.20. The second-order valence-corrected chi connectivity index (χ2v) is 6.12. The summed E-state index contributed by atoms with van der Waals surface area (Å²) < 4.78 is 0.834. The average Bonchev–Trinajstić information content (AvgIpc) is 2.59. The molecule has 1 aromatic heterocycles. The summed E-state index contributed by atoms with van der Waals surface area (Å²) in [6.07, 6.45) is 0. The average molecular weight is 261 g/mol. The van der Waals surface area contributed by atoms with E-state index in [1.165, 1.54) is 4.88 Å². The van der Waals surface area contributed by atoms with E-state index in [0.717, 1.165) is 10.9 Å². The van der Waals surface area contributed by atoms with Crippen LogP contribution < -0.4 is 5.73 Å². The van der Waals surface area contributed by atoms with E-state index in [1.807, 2.05) is 6.07 Å². The topological polar surface area (TPSA) is 29.3 Å². The van der Waals surface area contributed by atoms with Gasteiger partial charge in [0.15, 0.2) is 0 Å². The van der Waals surface area contributed by atoms with Gasteiger partial charge >= 0.3 is 0 Å². The van der Waals surface area contributed by atoms with E-state index in [2.05, 4.69) is 38.7 Å². The standard InChI is InChI=1S/C12H21ClN2S/c1-5-15(8(2)3)12(9(4)14)10-6-7-11(13)16-10/h6-9,12H,5,14H2,1-4H3. The molecule has 0 saturated heterocycles. The molecule has 2 N–H and O–H groups in total. The largest absolute Gasteiger partial charge is 0.326 e. The van der Waals surface area contributed by atoms with Crippen molar-refractivity contribution in [3.8, 4) is 0 Å². The number of hydrogen-bond donors (Lipinski definition) is 1. The van der Waals surface area contributed by atoms with Crippen molar-refractivity contribution in [3.63, 3.8) is 0 Å². The minimum Gasteiger partial charge on any atom is -0.326 e. The second kappa shape index (κ2) is 6.01. The molecule has 4 heteroatoms. The number of thiophene rings is 1. The Labute approximate surface area is 107 Å². The predicted octanol–water partition coefficient (Wildman–Crippen LogP) is 3.52. The van der Waals surface area contributed by atoms with Crippen molar-refractivity contribution in [2.75, 3.05) is 6.54 Å². The molecule has 1 aromatic rings. The number of rotatable bonds is 5. The van der Waals surface area contributed by atoms with Crippen LogP contribution in [0.25, 0.3) is 0 Å². The summed E-state index contributed by atoms with van der Waals surface area (Å²) in [5.74, 6) is 0. The lowest BCUT2D eigenvalue weighted by atomic mass is 10.1. The lowest BCUT2D eigenvalue weighted by molar-refractivity contribution is 0.147. The summed E-state index contributed by atoms with van der Waals surface area (Å²) in [5, 5.41) is 0. The monoisotopic (exact) mass is 260 g/mol. The highest BCUT2D eigenvalue weighted by Gasteiger charge is 2.26. The number of nitrogens with two attached hydrogens (primary N) is 1. The van der Waals surface area contributed by atoms with E-state index in [4.69, 9.17) is 17.3 Å². The highest BCUT2D eigenvalue weighted by molar-refractivity contribution is 7.16. The Kier molecular flexibility index (Phi) is 5.25. The molecule has 2 unspecified atom stereocenters. The van der Waals surface area contributed by atoms with Gasteiger partial charge in [-0.2, -0.15) is 0 Å². The minimum absolute atomic E-state index is 0.108. The molecule has 0 radical (unpaired) electrons. The Bertz CT molecular complexity index is 323. The van der Waals surface area contributed by atoms with E-state index in [9.17, 15) is 0 Å². The second-order valence-electron chi connectivity index (χ2n) is 4.37. The maximum Gasteiger partial charge on any atom is 0.0931 e. The van der Waals surface area contributed by atoms with Gasteiger partial charge in [0.2, 0.25) is 0 Å². The summed E-state index contributed by atoms with van der Waals surface area (Å²) in [5.41, 5.74) is 6.11. The molecule has 0 amide bonds. The first-order valence-corrected chi connectivity index (χ1v) is 6.93. The molecule has 0 aromatic carbocycles. The van der Waals surface area contributed by atoms with E-state index in [1.54, 1.807) is 11.3 Å². The van der Waals surface area contributed by atoms with Crippen molar-refractivity contribution in [2.24, 2.45) is 5.73 Å². The molecule has 92 valence electrons. The predicted molar refractivity (Wildman–Crippen MR) is 73.2 cm³/mol. The summed E-state index contributed by atoms with van der Waals surface area (Å²) in [4.78, 5) is 3.67. The highest BCUT2D eigenvalue weighted by Crippen LogP contribution is 2.33. The quantitative estimate of drug-likeness (QED) is 0.878. The lowest BCUT2D eigenvalue weighted by Gasteiger charge is -2.35. The van der Waals surface area contributed by atoms with Crippen LogP contribution in [0.3, 0.4) is 0 Å². The fourth-order valence-electron chi connectivity index (χ4n) is 2.09. The Morgan fingerprint density at radius 1 is 1.38 bits per heavy atom. The SMILES string of the molecule is CCN(C(C)C)C(c1ccc(Cl)s1)C(C)N. The van der Waals surface area contributed by atoms with Gasteiger partial charge in [0.1, 0.15) is 0 Å². The first kappa shape index (κ1) is 14.0. The molecule has 2 atom stereocenters. The first-order chi connectivity index (χ1) is 7.47. The molecule has 1 rings (SSSR count). The molecule has 2 nitrogen and oxygen atoms in total. The van der Waals surface area contributed by atoms with Gasteiger partial charge in [0.25, 0.3) is 0 Å². The third-order valence-electron chi connectivity index (χ3n) is 2.77. The van der Waals surface area contributed by atoms with Gasteiger partial charge in [-0.3, -0.25) is 4.90 Å². The van der Waals surface area contributed by atoms with Crippen LogP contribution in [0.15, 0.2) is 12.1 Å². The fraction of sp³-hybridized carbons (Fsp3) is 0.667. The Hall–Kier alpha value is -0.0900. The zero-order valence-electron chi connectivity index (χ0n) is 10.4. The van der Waals surface area contributed by atoms with Gasteiger partial charge in [-0.1, -0.05) is 18.5 Å². The molecule has 0 aliphatic heterocycles. The third-order valence-corrected chi connectivity index (χ3v) is 4.07. The van der Waals surface area contributed by atoms with Gasteiger partial charge in [0, 0.05) is 17.0 Å². The van der Waals surface area contributed by atoms with Crippen molar-refractivity contribution in [1.29, 1.82) is 0 Å². The van der Waals surface area contributed by atoms with Crippen LogP contribution in [0.1, 0.15) is 38.6 Å². The number of nitrogens with zero attached hydrogens (tertiary/aromatic N) is 1. The number of hydrogen-bond acceptors (Lipinski definition) is 3. The lowest BCUT2D eigenvalue weighted by Crippen LogP contribution is -2.42. The van der Waals surface area contributed by atoms with Crippen molar-refractivity contribution in [1.82, 2.24) is 4.90 Å². The molecular weight excluding hydrogens is 240 g/mol. The van der Waals surface area contributed by atoms with Gasteiger partial charge in [-0.15, -0.1) is 11.3 Å². The Morgan fingerprint density at radius 3 is 2.31 bits per heavy atom. The summed E-state index contributed by atoms with van der Waals surface area (Å²) in [7, 11) is 0. The van der Waals surface area contributed by atoms with E-state index in [0.29, 0.717) is 6.04 Å². The summed E-state index contributed by atoms with van der Waals surface area (Å²) in [6.45, 7) is 9.63. The van der Waals surface area contributed by atoms with Gasteiger partial charge in [-0.25, -0.2) is 0 Å². The molecule has 1 heterocycles. The van der Waals surface area contributed by atoms with Crippen LogP contribution in [-0.2, 0) is 0 Å². The van der Waals surface area contributed by atoms with Gasteiger partial charge in [0.05, 0.1) is 10.4 Å². The van der Waals surface area contributed by atoms with Crippen molar-refractivity contribution in [3.05, 3.63) is 21.3 Å². The van der Waals surface area contributed by atoms with Gasteiger partial charge < -0.3 is 5.73 Å². The van der Waals surface area contributed by atoms with E-state index in [-0.39, 0.29) is 12.1 Å². The van der Waals surface area contributed by atoms with Crippen LogP contribution in [-0.4, -0.2) is 23.5 Å². The van der Waals surface area contributed by atoms with Crippen LogP contribution in [0.4, 0.5) is 0 Å². The van der Waals surface area contributed by atoms with E-state index >= 15 is 0 Å². The zero-order chi connectivity index (χ0) is 12.3. The van der Waals surface area contributed by atoms with E-state index < -0.39 is 0 Å². The molecule has 0 bridgehead atoms. The zero-order valence-corrected chi connectivity index (χ0v) is 12.0. The molecule has 0 spiro atoms. The highest BCUT2D eigenvalue weighted by atomic mass is 35.5. The van der Waals surface area contributed by atoms with Crippen LogP contribution >= 0.6 is 22.9 Å². The molecule has 16 heavy (non-hydrogen) atoms. The minimum atomic E-state index is 0.108. The summed E-state index contributed by atoms with van der Waals surface area (Å²) >= 11 is 7.62.